The Morgan fingerprint density at radius 1 is 1.33 bits per heavy atom. The third-order valence-electron chi connectivity index (χ3n) is 1.30. The minimum Gasteiger partial charge on any atom is -0.314 e. The summed E-state index contributed by atoms with van der Waals surface area (Å²) in [6.45, 7) is 4.23. The van der Waals surface area contributed by atoms with Gasteiger partial charge in [-0.25, -0.2) is 0 Å². The maximum atomic E-state index is 5.38. The molecule has 4 nitrogen and oxygen atoms in total. The van der Waals surface area contributed by atoms with E-state index in [1.54, 1.807) is 0 Å². The van der Waals surface area contributed by atoms with Gasteiger partial charge >= 0.3 is 0 Å². The van der Waals surface area contributed by atoms with Gasteiger partial charge in [0, 0.05) is 0 Å². The van der Waals surface area contributed by atoms with Crippen molar-refractivity contribution in [1.82, 2.24) is 14.8 Å². The number of aryl methyl sites for hydroxylation is 2. The largest absolute Gasteiger partial charge is 0.314 e. The van der Waals surface area contributed by atoms with E-state index in [4.69, 9.17) is 5.73 Å². The van der Waals surface area contributed by atoms with Crippen molar-refractivity contribution < 1.29 is 0 Å². The van der Waals surface area contributed by atoms with Crippen LogP contribution in [0.3, 0.4) is 0 Å². The van der Waals surface area contributed by atoms with Crippen molar-refractivity contribution in [2.45, 2.75) is 20.5 Å². The van der Waals surface area contributed by atoms with Gasteiger partial charge in [0.2, 0.25) is 0 Å². The minimum atomic E-state index is 0.463. The molecule has 0 spiro atoms. The molecule has 0 atom stereocenters. The first kappa shape index (κ1) is 6.22. The SMILES string of the molecule is Cc1nnc(C)n1CN. The van der Waals surface area contributed by atoms with E-state index in [-0.39, 0.29) is 0 Å². The first-order valence-electron chi connectivity index (χ1n) is 2.82. The molecule has 0 aliphatic heterocycles. The Hall–Kier alpha value is -0.900. The van der Waals surface area contributed by atoms with Gasteiger partial charge in [-0.3, -0.25) is 0 Å². The van der Waals surface area contributed by atoms with Crippen LogP contribution in [-0.2, 0) is 6.67 Å². The first-order chi connectivity index (χ1) is 4.25. The highest BCUT2D eigenvalue weighted by Gasteiger charge is 1.98. The topological polar surface area (TPSA) is 56.7 Å². The van der Waals surface area contributed by atoms with Crippen molar-refractivity contribution in [2.75, 3.05) is 0 Å². The number of nitrogens with two attached hydrogens (primary N) is 1. The van der Waals surface area contributed by atoms with Crippen molar-refractivity contribution in [1.29, 1.82) is 0 Å². The van der Waals surface area contributed by atoms with Crippen molar-refractivity contribution in [2.24, 2.45) is 5.73 Å². The standard InChI is InChI=1S/C5H10N4/c1-4-7-8-5(2)9(4)3-6/h3,6H2,1-2H3. The molecule has 1 aromatic rings. The Labute approximate surface area is 53.7 Å². The van der Waals surface area contributed by atoms with Gasteiger partial charge in [-0.1, -0.05) is 0 Å². The highest BCUT2D eigenvalue weighted by atomic mass is 15.3. The van der Waals surface area contributed by atoms with Gasteiger partial charge in [-0.2, -0.15) is 0 Å². The summed E-state index contributed by atoms with van der Waals surface area (Å²) in [5, 5.41) is 7.64. The van der Waals surface area contributed by atoms with E-state index in [1.807, 2.05) is 18.4 Å². The van der Waals surface area contributed by atoms with Crippen LogP contribution in [0.15, 0.2) is 0 Å². The van der Waals surface area contributed by atoms with Crippen LogP contribution in [0.1, 0.15) is 11.6 Å². The lowest BCUT2D eigenvalue weighted by molar-refractivity contribution is 0.681. The fourth-order valence-corrected chi connectivity index (χ4v) is 0.751. The molecule has 0 aromatic carbocycles. The molecule has 0 radical (unpaired) electrons. The summed E-state index contributed by atoms with van der Waals surface area (Å²) in [6, 6.07) is 0. The van der Waals surface area contributed by atoms with Crippen molar-refractivity contribution >= 4 is 0 Å². The van der Waals surface area contributed by atoms with Crippen LogP contribution >= 0.6 is 0 Å². The quantitative estimate of drug-likeness (QED) is 0.567. The summed E-state index contributed by atoms with van der Waals surface area (Å²) >= 11 is 0. The number of rotatable bonds is 1. The van der Waals surface area contributed by atoms with E-state index in [0.29, 0.717) is 6.67 Å². The van der Waals surface area contributed by atoms with Crippen LogP contribution in [-0.4, -0.2) is 14.8 Å². The van der Waals surface area contributed by atoms with Gasteiger partial charge in [0.05, 0.1) is 6.67 Å². The lowest BCUT2D eigenvalue weighted by Gasteiger charge is -1.98. The second-order valence-corrected chi connectivity index (χ2v) is 1.91. The predicted molar refractivity (Wildman–Crippen MR) is 33.7 cm³/mol. The van der Waals surface area contributed by atoms with Gasteiger partial charge in [0.1, 0.15) is 11.6 Å². The number of nitrogens with zero attached hydrogens (tertiary/aromatic N) is 3. The van der Waals surface area contributed by atoms with Gasteiger partial charge in [0.25, 0.3) is 0 Å². The highest BCUT2D eigenvalue weighted by Crippen LogP contribution is 1.94. The van der Waals surface area contributed by atoms with Gasteiger partial charge < -0.3 is 10.3 Å². The van der Waals surface area contributed by atoms with E-state index in [1.165, 1.54) is 0 Å². The van der Waals surface area contributed by atoms with Crippen LogP contribution in [0.5, 0.6) is 0 Å². The van der Waals surface area contributed by atoms with E-state index >= 15 is 0 Å². The van der Waals surface area contributed by atoms with Gasteiger partial charge in [0.15, 0.2) is 0 Å². The van der Waals surface area contributed by atoms with Crippen molar-refractivity contribution in [3.63, 3.8) is 0 Å². The van der Waals surface area contributed by atoms with E-state index < -0.39 is 0 Å². The average Bonchev–Trinajstić information content (AvgIpc) is 2.12. The van der Waals surface area contributed by atoms with E-state index in [9.17, 15) is 0 Å². The zero-order chi connectivity index (χ0) is 6.85. The molecule has 0 aliphatic carbocycles. The second kappa shape index (κ2) is 2.14. The molecular formula is C5H10N4. The molecule has 2 N–H and O–H groups in total. The Morgan fingerprint density at radius 3 is 2.00 bits per heavy atom. The van der Waals surface area contributed by atoms with Crippen LogP contribution in [0.2, 0.25) is 0 Å². The summed E-state index contributed by atoms with van der Waals surface area (Å²) in [7, 11) is 0. The number of hydrogen-bond donors (Lipinski definition) is 1. The monoisotopic (exact) mass is 126 g/mol. The van der Waals surface area contributed by atoms with Crippen LogP contribution in [0.25, 0.3) is 0 Å². The lowest BCUT2D eigenvalue weighted by atomic mass is 10.6. The summed E-state index contributed by atoms with van der Waals surface area (Å²) in [4.78, 5) is 0. The molecule has 9 heavy (non-hydrogen) atoms. The summed E-state index contributed by atoms with van der Waals surface area (Å²) in [5.74, 6) is 1.74. The molecule has 0 amide bonds. The highest BCUT2D eigenvalue weighted by molar-refractivity contribution is 4.89. The molecule has 0 aliphatic rings. The molecule has 1 aromatic heterocycles. The molecule has 50 valence electrons. The zero-order valence-corrected chi connectivity index (χ0v) is 5.63. The third-order valence-corrected chi connectivity index (χ3v) is 1.30. The fourth-order valence-electron chi connectivity index (χ4n) is 0.751. The Morgan fingerprint density at radius 2 is 1.78 bits per heavy atom. The van der Waals surface area contributed by atoms with E-state index in [0.717, 1.165) is 11.6 Å². The van der Waals surface area contributed by atoms with Crippen LogP contribution < -0.4 is 5.73 Å². The third kappa shape index (κ3) is 0.929. The van der Waals surface area contributed by atoms with Crippen molar-refractivity contribution in [3.8, 4) is 0 Å². The predicted octanol–water partition coefficient (Wildman–Crippen LogP) is -0.189. The van der Waals surface area contributed by atoms with Crippen LogP contribution in [0, 0.1) is 13.8 Å². The molecule has 0 unspecified atom stereocenters. The fraction of sp³-hybridized carbons (Fsp3) is 0.600. The summed E-state index contributed by atoms with van der Waals surface area (Å²) in [5.41, 5.74) is 5.38. The molecule has 0 fully saturated rings. The molecule has 4 heteroatoms. The average molecular weight is 126 g/mol. The normalized spacial score (nSPS) is 10.1. The van der Waals surface area contributed by atoms with Crippen LogP contribution in [0.4, 0.5) is 0 Å². The molecule has 1 rings (SSSR count). The maximum Gasteiger partial charge on any atom is 0.130 e. The minimum absolute atomic E-state index is 0.463. The summed E-state index contributed by atoms with van der Waals surface area (Å²) in [6.07, 6.45) is 0. The van der Waals surface area contributed by atoms with Gasteiger partial charge in [-0.15, -0.1) is 10.2 Å². The van der Waals surface area contributed by atoms with Gasteiger partial charge in [-0.05, 0) is 13.8 Å². The number of aromatic nitrogens is 3. The van der Waals surface area contributed by atoms with Crippen molar-refractivity contribution in [3.05, 3.63) is 11.6 Å². The first-order valence-corrected chi connectivity index (χ1v) is 2.82. The molecule has 1 heterocycles. The lowest BCUT2D eigenvalue weighted by Crippen LogP contribution is -2.10. The Balaban J connectivity index is 3.07. The molecule has 0 saturated heterocycles. The smallest absolute Gasteiger partial charge is 0.130 e. The number of hydrogen-bond acceptors (Lipinski definition) is 3. The van der Waals surface area contributed by atoms with E-state index in [2.05, 4.69) is 10.2 Å². The molecular weight excluding hydrogens is 116 g/mol. The Bertz CT molecular complexity index is 183. The second-order valence-electron chi connectivity index (χ2n) is 1.91. The Kier molecular flexibility index (Phi) is 1.48. The zero-order valence-electron chi connectivity index (χ0n) is 5.63. The summed E-state index contributed by atoms with van der Waals surface area (Å²) < 4.78 is 1.85. The molecule has 0 bridgehead atoms. The maximum absolute atomic E-state index is 5.38. The molecule has 0 saturated carbocycles.